The number of hydrogen-bond acceptors (Lipinski definition) is 6. The highest BCUT2D eigenvalue weighted by Gasteiger charge is 2.60. The molecule has 0 saturated carbocycles. The highest BCUT2D eigenvalue weighted by Crippen LogP contribution is 2.49. The number of alkyl halides is 1. The molecule has 200 valence electrons. The summed E-state index contributed by atoms with van der Waals surface area (Å²) in [4.78, 5) is 21.5. The topological polar surface area (TPSA) is 98.5 Å². The van der Waals surface area contributed by atoms with E-state index in [0.29, 0.717) is 22.4 Å². The first-order valence-electron chi connectivity index (χ1n) is 12.2. The van der Waals surface area contributed by atoms with Gasteiger partial charge in [-0.15, -0.1) is 0 Å². The van der Waals surface area contributed by atoms with E-state index in [-0.39, 0.29) is 10.9 Å². The van der Waals surface area contributed by atoms with Crippen LogP contribution >= 0.6 is 22.6 Å². The molecular weight excluding hydrogens is 606 g/mol. The molecule has 1 aromatic carbocycles. The summed E-state index contributed by atoms with van der Waals surface area (Å²) in [5, 5.41) is 13.8. The van der Waals surface area contributed by atoms with Crippen LogP contribution in [0, 0.1) is 3.57 Å². The van der Waals surface area contributed by atoms with Crippen molar-refractivity contribution in [2.45, 2.75) is 83.0 Å². The van der Waals surface area contributed by atoms with Gasteiger partial charge >= 0.3 is 0 Å². The molecule has 3 heterocycles. The maximum absolute atomic E-state index is 16.7. The lowest BCUT2D eigenvalue weighted by molar-refractivity contribution is -0.0786. The zero-order valence-electron chi connectivity index (χ0n) is 22.1. The van der Waals surface area contributed by atoms with Gasteiger partial charge < -0.3 is 24.2 Å². The molecule has 0 bridgehead atoms. The molecule has 1 fully saturated rings. The number of carbonyl (C=O) groups excluding carboxylic acids is 1. The summed E-state index contributed by atoms with van der Waals surface area (Å²) in [6.07, 6.45) is -0.855. The second kappa shape index (κ2) is 9.99. The van der Waals surface area contributed by atoms with Gasteiger partial charge in [-0.1, -0.05) is 39.0 Å². The number of aliphatic hydroxyl groups is 1. The average molecular weight is 641 g/mol. The summed E-state index contributed by atoms with van der Waals surface area (Å²) in [6, 6.07) is 8.82. The lowest BCUT2D eigenvalue weighted by atomic mass is 9.96. The van der Waals surface area contributed by atoms with Crippen molar-refractivity contribution in [2.24, 2.45) is 0 Å². The van der Waals surface area contributed by atoms with Gasteiger partial charge in [0.1, 0.15) is 30.0 Å². The van der Waals surface area contributed by atoms with Crippen LogP contribution in [-0.2, 0) is 9.16 Å². The summed E-state index contributed by atoms with van der Waals surface area (Å²) in [7, 11) is -2.40. The number of aromatic nitrogens is 3. The Morgan fingerprint density at radius 2 is 1.95 bits per heavy atom. The number of hydrogen-bond donors (Lipinski definition) is 2. The first kappa shape index (κ1) is 28.1. The van der Waals surface area contributed by atoms with E-state index in [1.165, 1.54) is 13.3 Å². The van der Waals surface area contributed by atoms with Crippen LogP contribution in [0.3, 0.4) is 0 Å². The van der Waals surface area contributed by atoms with Crippen LogP contribution in [0.25, 0.3) is 11.0 Å². The predicted octanol–water partition coefficient (Wildman–Crippen LogP) is 5.69. The van der Waals surface area contributed by atoms with Crippen LogP contribution in [0.15, 0.2) is 42.9 Å². The van der Waals surface area contributed by atoms with Crippen molar-refractivity contribution in [3.05, 3.63) is 52.0 Å². The molecule has 37 heavy (non-hydrogen) atoms. The number of anilines is 1. The second-order valence-electron chi connectivity index (χ2n) is 11.3. The van der Waals surface area contributed by atoms with Gasteiger partial charge in [-0.3, -0.25) is 4.79 Å². The summed E-state index contributed by atoms with van der Waals surface area (Å²) in [5.41, 5.74) is -1.08. The van der Waals surface area contributed by atoms with Crippen molar-refractivity contribution in [2.75, 3.05) is 5.32 Å². The number of benzene rings is 1. The molecule has 1 amide bonds. The van der Waals surface area contributed by atoms with Crippen molar-refractivity contribution in [1.29, 1.82) is 0 Å². The number of nitrogens with zero attached hydrogens (tertiary/aromatic N) is 3. The molecule has 0 aliphatic carbocycles. The van der Waals surface area contributed by atoms with E-state index in [9.17, 15) is 9.90 Å². The van der Waals surface area contributed by atoms with Crippen LogP contribution in [0.5, 0.6) is 0 Å². The maximum atomic E-state index is 16.7. The van der Waals surface area contributed by atoms with Gasteiger partial charge in [0.05, 0.1) is 11.5 Å². The molecule has 2 aromatic heterocycles. The van der Waals surface area contributed by atoms with Crippen molar-refractivity contribution in [3.8, 4) is 0 Å². The predicted molar refractivity (Wildman–Crippen MR) is 152 cm³/mol. The van der Waals surface area contributed by atoms with E-state index in [1.54, 1.807) is 42.0 Å². The van der Waals surface area contributed by atoms with Gasteiger partial charge in [0.25, 0.3) is 5.91 Å². The van der Waals surface area contributed by atoms with E-state index in [2.05, 4.69) is 71.7 Å². The molecule has 1 aliphatic heterocycles. The van der Waals surface area contributed by atoms with Crippen molar-refractivity contribution in [3.63, 3.8) is 0 Å². The minimum atomic E-state index is -2.40. The summed E-state index contributed by atoms with van der Waals surface area (Å²) >= 11 is 2.12. The lowest BCUT2D eigenvalue weighted by Crippen LogP contribution is -2.53. The first-order chi connectivity index (χ1) is 17.1. The fourth-order valence-corrected chi connectivity index (χ4v) is 6.43. The van der Waals surface area contributed by atoms with Crippen molar-refractivity contribution < 1.29 is 23.5 Å². The van der Waals surface area contributed by atoms with E-state index < -0.39 is 38.5 Å². The number of amides is 1. The molecule has 1 aliphatic rings. The molecular formula is C26H34FIN4O4Si. The standard InChI is InChI=1S/C26H34FIN4O4Si/c1-15(33)19-20(36-37(6,7)25(2,3)4)26(5,27)24(35-19)32-13-17(28)18-21(29-14-30-22(18)32)31-23(34)16-11-9-8-10-12-16/h8-15,19-20,24,33H,1-7H3,(H,29,30,31,34)/t15?,19-,20-,24?,26-/m1/s1. The average Bonchev–Trinajstić information content (AvgIpc) is 3.27. The lowest BCUT2D eigenvalue weighted by Gasteiger charge is -2.41. The van der Waals surface area contributed by atoms with Gasteiger partial charge in [-0.25, -0.2) is 14.4 Å². The largest absolute Gasteiger partial charge is 0.408 e. The Hall–Kier alpha value is -1.93. The SMILES string of the molecule is CC(O)[C@H]1OC(n2cc(I)c3c(NC(=O)c4ccccc4)ncnc32)[C@](C)(F)[C@@H]1O[Si](C)(C)C(C)(C)C. The molecule has 0 radical (unpaired) electrons. The molecule has 2 N–H and O–H groups in total. The number of fused-ring (bicyclic) bond motifs is 1. The Bertz CT molecular complexity index is 1290. The third kappa shape index (κ3) is 5.20. The third-order valence-corrected chi connectivity index (χ3v) is 12.7. The fourth-order valence-electron chi connectivity index (χ4n) is 4.28. The molecule has 1 saturated heterocycles. The van der Waals surface area contributed by atoms with Crippen LogP contribution in [0.4, 0.5) is 10.2 Å². The number of nitrogens with one attached hydrogen (secondary N) is 1. The zero-order valence-corrected chi connectivity index (χ0v) is 25.3. The summed E-state index contributed by atoms with van der Waals surface area (Å²) in [6.45, 7) is 13.4. The van der Waals surface area contributed by atoms with E-state index >= 15 is 4.39 Å². The minimum absolute atomic E-state index is 0.154. The molecule has 2 unspecified atom stereocenters. The smallest absolute Gasteiger partial charge is 0.256 e. The molecule has 5 atom stereocenters. The molecule has 11 heteroatoms. The Kier molecular flexibility index (Phi) is 7.58. The van der Waals surface area contributed by atoms with Crippen molar-refractivity contribution >= 4 is 53.7 Å². The zero-order chi connectivity index (χ0) is 27.3. The Morgan fingerprint density at radius 1 is 1.30 bits per heavy atom. The number of carbonyl (C=O) groups is 1. The minimum Gasteiger partial charge on any atom is -0.408 e. The second-order valence-corrected chi connectivity index (χ2v) is 17.2. The van der Waals surface area contributed by atoms with Gasteiger partial charge in [0, 0.05) is 15.3 Å². The Morgan fingerprint density at radius 3 is 2.54 bits per heavy atom. The Labute approximate surface area is 231 Å². The molecule has 8 nitrogen and oxygen atoms in total. The van der Waals surface area contributed by atoms with Crippen molar-refractivity contribution in [1.82, 2.24) is 14.5 Å². The number of ether oxygens (including phenoxy) is 1. The maximum Gasteiger partial charge on any atom is 0.256 e. The van der Waals surface area contributed by atoms with Gasteiger partial charge in [0.15, 0.2) is 20.2 Å². The number of aliphatic hydroxyl groups excluding tert-OH is 1. The third-order valence-electron chi connectivity index (χ3n) is 7.41. The highest BCUT2D eigenvalue weighted by atomic mass is 127. The van der Waals surface area contributed by atoms with Gasteiger partial charge in [0.2, 0.25) is 0 Å². The molecule has 0 spiro atoms. The van der Waals surface area contributed by atoms with E-state index in [0.717, 1.165) is 3.57 Å². The normalized spacial score (nSPS) is 25.4. The van der Waals surface area contributed by atoms with Crippen LogP contribution < -0.4 is 5.32 Å². The van der Waals surface area contributed by atoms with Crippen LogP contribution in [-0.4, -0.2) is 57.8 Å². The van der Waals surface area contributed by atoms with Crippen LogP contribution in [0.2, 0.25) is 18.1 Å². The summed E-state index contributed by atoms with van der Waals surface area (Å²) in [5.74, 6) is 0.00955. The van der Waals surface area contributed by atoms with E-state index in [4.69, 9.17) is 9.16 Å². The number of rotatable bonds is 6. The van der Waals surface area contributed by atoms with Gasteiger partial charge in [-0.2, -0.15) is 0 Å². The fraction of sp³-hybridized carbons (Fsp3) is 0.500. The first-order valence-corrected chi connectivity index (χ1v) is 16.2. The molecule has 3 aromatic rings. The molecule has 4 rings (SSSR count). The number of halogens is 2. The van der Waals surface area contributed by atoms with E-state index in [1.807, 2.05) is 6.07 Å². The quantitative estimate of drug-likeness (QED) is 0.266. The monoisotopic (exact) mass is 640 g/mol. The van der Waals surface area contributed by atoms with Gasteiger partial charge in [-0.05, 0) is 66.7 Å². The summed E-state index contributed by atoms with van der Waals surface area (Å²) < 4.78 is 31.8. The highest BCUT2D eigenvalue weighted by molar-refractivity contribution is 14.1. The van der Waals surface area contributed by atoms with Crippen LogP contribution in [0.1, 0.15) is 51.2 Å². The Balaban J connectivity index is 1.74.